The van der Waals surface area contributed by atoms with Gasteiger partial charge in [-0.05, 0) is 6.07 Å². The fourth-order valence-electron chi connectivity index (χ4n) is 0.574. The molecule has 0 fully saturated rings. The topological polar surface area (TPSA) is 195 Å². The molecule has 1 aromatic rings. The monoisotopic (exact) mass is 237 g/mol. The lowest BCUT2D eigenvalue weighted by molar-refractivity contribution is 0.275. The number of pyridine rings is 1. The Hall–Kier alpha value is -1.54. The molecule has 0 bridgehead atoms. The first-order valence-electron chi connectivity index (χ1n) is 3.46. The molecule has 0 aliphatic heterocycles. The van der Waals surface area contributed by atoms with E-state index >= 15 is 0 Å². The van der Waals surface area contributed by atoms with Crippen LogP contribution in [0.5, 0.6) is 0 Å². The number of hydrogen-bond acceptors (Lipinski definition) is 6. The van der Waals surface area contributed by atoms with Gasteiger partial charge in [0.25, 0.3) is 0 Å². The summed E-state index contributed by atoms with van der Waals surface area (Å²) in [7, 11) is -4.64. The van der Waals surface area contributed by atoms with Crippen molar-refractivity contribution in [1.29, 1.82) is 0 Å². The molecule has 0 amide bonds. The van der Waals surface area contributed by atoms with Gasteiger partial charge in [0.1, 0.15) is 11.6 Å². The maximum absolute atomic E-state index is 8.88. The average Bonchev–Trinajstić information content (AvgIpc) is 1.98. The van der Waals surface area contributed by atoms with Crippen molar-refractivity contribution in [3.05, 3.63) is 6.07 Å². The second-order valence-corrected chi connectivity index (χ2v) is 3.48. The van der Waals surface area contributed by atoms with Gasteiger partial charge >= 0.3 is 7.82 Å². The van der Waals surface area contributed by atoms with Crippen LogP contribution in [0.15, 0.2) is 6.07 Å². The highest BCUT2D eigenvalue weighted by molar-refractivity contribution is 7.45. The predicted octanol–water partition coefficient (Wildman–Crippen LogP) is -1.52. The maximum atomic E-state index is 8.88. The van der Waals surface area contributed by atoms with E-state index in [1.54, 1.807) is 0 Å². The minimum atomic E-state index is -4.64. The molecule has 11 N–H and O–H groups in total. The molecule has 10 heteroatoms. The lowest BCUT2D eigenvalue weighted by atomic mass is 10.3. The fraction of sp³-hybridized carbons (Fsp3) is 0. The lowest BCUT2D eigenvalue weighted by Crippen LogP contribution is -2.04. The van der Waals surface area contributed by atoms with Crippen molar-refractivity contribution in [2.75, 3.05) is 22.9 Å². The number of nitrogens with zero attached hydrogens (tertiary/aromatic N) is 1. The first kappa shape index (κ1) is 13.5. The van der Waals surface area contributed by atoms with E-state index in [0.717, 1.165) is 0 Å². The van der Waals surface area contributed by atoms with E-state index in [4.69, 9.17) is 42.2 Å². The van der Waals surface area contributed by atoms with Gasteiger partial charge in [0.05, 0.1) is 11.4 Å². The van der Waals surface area contributed by atoms with E-state index in [-0.39, 0.29) is 11.6 Å². The Morgan fingerprint density at radius 3 is 1.47 bits per heavy atom. The molecule has 1 heterocycles. The lowest BCUT2D eigenvalue weighted by Gasteiger charge is -2.02. The molecule has 0 aromatic carbocycles. The van der Waals surface area contributed by atoms with Crippen LogP contribution in [-0.4, -0.2) is 19.7 Å². The number of phosphoric acid groups is 1. The predicted molar refractivity (Wildman–Crippen MR) is 56.1 cm³/mol. The van der Waals surface area contributed by atoms with Gasteiger partial charge in [-0.25, -0.2) is 9.55 Å². The summed E-state index contributed by atoms with van der Waals surface area (Å²) >= 11 is 0. The summed E-state index contributed by atoms with van der Waals surface area (Å²) in [5, 5.41) is 0. The number of rotatable bonds is 0. The molecule has 0 saturated heterocycles. The fourth-order valence-corrected chi connectivity index (χ4v) is 0.574. The van der Waals surface area contributed by atoms with Crippen LogP contribution in [0.4, 0.5) is 23.0 Å². The Morgan fingerprint density at radius 2 is 1.27 bits per heavy atom. The second-order valence-electron chi connectivity index (χ2n) is 2.45. The molecule has 0 saturated carbocycles. The van der Waals surface area contributed by atoms with Gasteiger partial charge < -0.3 is 37.6 Å². The minimum absolute atomic E-state index is 0.215. The van der Waals surface area contributed by atoms with Crippen LogP contribution in [-0.2, 0) is 4.57 Å². The number of anilines is 4. The van der Waals surface area contributed by atoms with Crippen LogP contribution >= 0.6 is 7.82 Å². The van der Waals surface area contributed by atoms with Crippen LogP contribution in [0.1, 0.15) is 0 Å². The third kappa shape index (κ3) is 6.52. The summed E-state index contributed by atoms with van der Waals surface area (Å²) in [4.78, 5) is 25.2. The summed E-state index contributed by atoms with van der Waals surface area (Å²) in [6.45, 7) is 0. The molecule has 0 spiro atoms. The minimum Gasteiger partial charge on any atom is -0.396 e. The van der Waals surface area contributed by atoms with Gasteiger partial charge in [-0.1, -0.05) is 0 Å². The summed E-state index contributed by atoms with van der Waals surface area (Å²) < 4.78 is 8.88. The summed E-state index contributed by atoms with van der Waals surface area (Å²) in [5.41, 5.74) is 22.1. The van der Waals surface area contributed by atoms with E-state index in [0.29, 0.717) is 11.4 Å². The highest BCUT2D eigenvalue weighted by Gasteiger charge is 2.00. The quantitative estimate of drug-likeness (QED) is 0.262. The van der Waals surface area contributed by atoms with E-state index in [1.165, 1.54) is 6.07 Å². The Kier molecular flexibility index (Phi) is 4.31. The SMILES string of the molecule is Nc1cc(N)c(N)nc1N.O=P(O)(O)O. The van der Waals surface area contributed by atoms with E-state index < -0.39 is 7.82 Å². The number of nitrogens with two attached hydrogens (primary N) is 4. The van der Waals surface area contributed by atoms with Crippen LogP contribution in [0.25, 0.3) is 0 Å². The maximum Gasteiger partial charge on any atom is 0.466 e. The van der Waals surface area contributed by atoms with Crippen molar-refractivity contribution >= 4 is 30.8 Å². The molecule has 9 nitrogen and oxygen atoms in total. The van der Waals surface area contributed by atoms with E-state index in [1.807, 2.05) is 0 Å². The van der Waals surface area contributed by atoms with Crippen molar-refractivity contribution in [2.24, 2.45) is 0 Å². The molecule has 15 heavy (non-hydrogen) atoms. The summed E-state index contributed by atoms with van der Waals surface area (Å²) in [5.74, 6) is 0.429. The first-order valence-corrected chi connectivity index (χ1v) is 5.03. The second kappa shape index (κ2) is 4.80. The highest BCUT2D eigenvalue weighted by atomic mass is 31.2. The highest BCUT2D eigenvalue weighted by Crippen LogP contribution is 2.25. The van der Waals surface area contributed by atoms with Crippen LogP contribution in [0, 0.1) is 0 Å². The van der Waals surface area contributed by atoms with Crippen LogP contribution in [0.2, 0.25) is 0 Å². The van der Waals surface area contributed by atoms with Crippen LogP contribution < -0.4 is 22.9 Å². The number of nitrogen functional groups attached to an aromatic ring is 4. The molecule has 0 aliphatic carbocycles. The molecule has 0 unspecified atom stereocenters. The third-order valence-corrected chi connectivity index (χ3v) is 1.14. The Morgan fingerprint density at radius 1 is 1.00 bits per heavy atom. The van der Waals surface area contributed by atoms with Gasteiger partial charge in [0.2, 0.25) is 0 Å². The zero-order valence-electron chi connectivity index (χ0n) is 7.53. The van der Waals surface area contributed by atoms with Gasteiger partial charge in [-0.15, -0.1) is 0 Å². The van der Waals surface area contributed by atoms with Crippen molar-refractivity contribution in [2.45, 2.75) is 0 Å². The molecule has 86 valence electrons. The molecule has 1 rings (SSSR count). The van der Waals surface area contributed by atoms with E-state index in [2.05, 4.69) is 4.98 Å². The number of hydrogen-bond donors (Lipinski definition) is 7. The normalized spacial score (nSPS) is 10.3. The largest absolute Gasteiger partial charge is 0.466 e. The third-order valence-electron chi connectivity index (χ3n) is 1.14. The molecule has 0 radical (unpaired) electrons. The van der Waals surface area contributed by atoms with Gasteiger partial charge in [0, 0.05) is 0 Å². The van der Waals surface area contributed by atoms with Crippen molar-refractivity contribution in [3.8, 4) is 0 Å². The van der Waals surface area contributed by atoms with E-state index in [9.17, 15) is 0 Å². The summed E-state index contributed by atoms with van der Waals surface area (Å²) in [6, 6.07) is 1.48. The molecular weight excluding hydrogens is 225 g/mol. The first-order chi connectivity index (χ1) is 6.61. The molecule has 0 atom stereocenters. The molecule has 0 aliphatic rings. The molecular formula is C5H12N5O4P. The Labute approximate surface area is 84.9 Å². The van der Waals surface area contributed by atoms with Gasteiger partial charge in [-0.2, -0.15) is 0 Å². The number of aromatic nitrogens is 1. The summed E-state index contributed by atoms with van der Waals surface area (Å²) in [6.07, 6.45) is 0. The Bertz CT molecular complexity index is 333. The average molecular weight is 237 g/mol. The smallest absolute Gasteiger partial charge is 0.396 e. The van der Waals surface area contributed by atoms with Crippen LogP contribution in [0.3, 0.4) is 0 Å². The van der Waals surface area contributed by atoms with Gasteiger partial charge in [0.15, 0.2) is 0 Å². The zero-order valence-corrected chi connectivity index (χ0v) is 8.43. The Balaban J connectivity index is 0.000000336. The van der Waals surface area contributed by atoms with Crippen molar-refractivity contribution in [1.82, 2.24) is 4.98 Å². The zero-order chi connectivity index (χ0) is 12.2. The van der Waals surface area contributed by atoms with Crippen molar-refractivity contribution < 1.29 is 19.2 Å². The van der Waals surface area contributed by atoms with Gasteiger partial charge in [-0.3, -0.25) is 0 Å². The molecule has 1 aromatic heterocycles. The standard InChI is InChI=1S/C5H9N5.H3O4P/c6-2-1-3(7)5(9)10-4(2)8;1-5(2,3)4/h1H,6-7H2,(H4,8,9,10);(H3,1,2,3,4). The van der Waals surface area contributed by atoms with Crippen molar-refractivity contribution in [3.63, 3.8) is 0 Å².